The summed E-state index contributed by atoms with van der Waals surface area (Å²) < 4.78 is 18.9. The molecule has 0 unspecified atom stereocenters. The summed E-state index contributed by atoms with van der Waals surface area (Å²) in [6, 6.07) is 14.5. The van der Waals surface area contributed by atoms with Gasteiger partial charge < -0.3 is 14.5 Å². The van der Waals surface area contributed by atoms with Crippen LogP contribution in [0.15, 0.2) is 48.5 Å². The Hall–Kier alpha value is -2.60. The number of hydrogen-bond donors (Lipinski definition) is 0. The van der Waals surface area contributed by atoms with E-state index in [1.54, 1.807) is 18.1 Å². The molecule has 1 aliphatic rings. The maximum atomic E-state index is 13.4. The fourth-order valence-electron chi connectivity index (χ4n) is 3.56. The molecule has 0 atom stereocenters. The van der Waals surface area contributed by atoms with Crippen molar-refractivity contribution in [2.75, 3.05) is 51.3 Å². The van der Waals surface area contributed by atoms with Crippen molar-refractivity contribution in [1.82, 2.24) is 9.80 Å². The summed E-state index contributed by atoms with van der Waals surface area (Å²) in [4.78, 5) is 19.0. The molecule has 1 amide bonds. The monoisotopic (exact) mass is 385 g/mol. The first-order valence-corrected chi connectivity index (χ1v) is 9.73. The van der Waals surface area contributed by atoms with Gasteiger partial charge in [-0.25, -0.2) is 4.39 Å². The number of ether oxygens (including phenoxy) is 1. The second kappa shape index (κ2) is 9.55. The summed E-state index contributed by atoms with van der Waals surface area (Å²) in [5.74, 6) is 0.685. The number of amides is 1. The lowest BCUT2D eigenvalue weighted by Gasteiger charge is -2.37. The predicted molar refractivity (Wildman–Crippen MR) is 109 cm³/mol. The first-order valence-electron chi connectivity index (χ1n) is 9.73. The average molecular weight is 385 g/mol. The lowest BCUT2D eigenvalue weighted by molar-refractivity contribution is -0.132. The SMILES string of the molecule is CCN(Cc1cccc(F)c1)C(=O)CN1CCN(c2ccccc2OC)CC1. The van der Waals surface area contributed by atoms with Crippen LogP contribution in [-0.2, 0) is 11.3 Å². The van der Waals surface area contributed by atoms with Gasteiger partial charge in [0.1, 0.15) is 11.6 Å². The smallest absolute Gasteiger partial charge is 0.237 e. The zero-order valence-corrected chi connectivity index (χ0v) is 16.6. The lowest BCUT2D eigenvalue weighted by Crippen LogP contribution is -2.50. The van der Waals surface area contributed by atoms with E-state index in [-0.39, 0.29) is 11.7 Å². The standard InChI is InChI=1S/C22H28FN3O2/c1-3-25(16-18-7-6-8-19(23)15-18)22(27)17-24-11-13-26(14-12-24)20-9-4-5-10-21(20)28-2/h4-10,15H,3,11-14,16-17H2,1-2H3. The van der Waals surface area contributed by atoms with E-state index >= 15 is 0 Å². The first-order chi connectivity index (χ1) is 13.6. The van der Waals surface area contributed by atoms with Gasteiger partial charge in [0.25, 0.3) is 0 Å². The zero-order chi connectivity index (χ0) is 19.9. The van der Waals surface area contributed by atoms with Crippen molar-refractivity contribution in [2.24, 2.45) is 0 Å². The van der Waals surface area contributed by atoms with E-state index in [0.29, 0.717) is 19.6 Å². The Morgan fingerprint density at radius 2 is 1.86 bits per heavy atom. The Morgan fingerprint density at radius 3 is 2.54 bits per heavy atom. The van der Waals surface area contributed by atoms with Gasteiger partial charge in [0.15, 0.2) is 0 Å². The molecule has 1 fully saturated rings. The van der Waals surface area contributed by atoms with Crippen LogP contribution in [-0.4, -0.2) is 62.1 Å². The minimum atomic E-state index is -0.270. The number of anilines is 1. The van der Waals surface area contributed by atoms with Crippen LogP contribution >= 0.6 is 0 Å². The topological polar surface area (TPSA) is 36.0 Å². The van der Waals surface area contributed by atoms with Gasteiger partial charge in [0.05, 0.1) is 19.3 Å². The van der Waals surface area contributed by atoms with E-state index in [1.165, 1.54) is 12.1 Å². The molecule has 1 saturated heterocycles. The van der Waals surface area contributed by atoms with E-state index in [1.807, 2.05) is 31.2 Å². The number of likely N-dealkylation sites (N-methyl/N-ethyl adjacent to an activating group) is 1. The van der Waals surface area contributed by atoms with Crippen molar-refractivity contribution >= 4 is 11.6 Å². The first kappa shape index (κ1) is 20.1. The predicted octanol–water partition coefficient (Wildman–Crippen LogP) is 3.01. The number of halogens is 1. The fraction of sp³-hybridized carbons (Fsp3) is 0.409. The molecular weight excluding hydrogens is 357 g/mol. The Bertz CT molecular complexity index is 791. The molecule has 28 heavy (non-hydrogen) atoms. The molecule has 0 radical (unpaired) electrons. The maximum absolute atomic E-state index is 13.4. The highest BCUT2D eigenvalue weighted by Gasteiger charge is 2.23. The number of hydrogen-bond acceptors (Lipinski definition) is 4. The van der Waals surface area contributed by atoms with Gasteiger partial charge in [-0.05, 0) is 36.8 Å². The Balaban J connectivity index is 1.53. The fourth-order valence-corrected chi connectivity index (χ4v) is 3.56. The highest BCUT2D eigenvalue weighted by Crippen LogP contribution is 2.28. The summed E-state index contributed by atoms with van der Waals surface area (Å²) in [6.07, 6.45) is 0. The lowest BCUT2D eigenvalue weighted by atomic mass is 10.2. The second-order valence-electron chi connectivity index (χ2n) is 6.97. The number of rotatable bonds is 7. The highest BCUT2D eigenvalue weighted by molar-refractivity contribution is 5.78. The summed E-state index contributed by atoms with van der Waals surface area (Å²) >= 11 is 0. The van der Waals surface area contributed by atoms with Gasteiger partial charge in [0, 0.05) is 39.3 Å². The molecule has 2 aromatic rings. The van der Waals surface area contributed by atoms with Crippen molar-refractivity contribution in [2.45, 2.75) is 13.5 Å². The van der Waals surface area contributed by atoms with E-state index in [9.17, 15) is 9.18 Å². The molecule has 0 aliphatic carbocycles. The number of piperazine rings is 1. The minimum Gasteiger partial charge on any atom is -0.495 e. The third-order valence-corrected chi connectivity index (χ3v) is 5.15. The number of para-hydroxylation sites is 2. The van der Waals surface area contributed by atoms with Crippen molar-refractivity contribution in [3.63, 3.8) is 0 Å². The van der Waals surface area contributed by atoms with E-state index < -0.39 is 0 Å². The summed E-state index contributed by atoms with van der Waals surface area (Å²) in [7, 11) is 1.69. The average Bonchev–Trinajstić information content (AvgIpc) is 2.72. The number of benzene rings is 2. The van der Waals surface area contributed by atoms with Gasteiger partial charge in [-0.1, -0.05) is 24.3 Å². The third-order valence-electron chi connectivity index (χ3n) is 5.15. The van der Waals surface area contributed by atoms with Crippen LogP contribution in [0.5, 0.6) is 5.75 Å². The molecule has 2 aromatic carbocycles. The van der Waals surface area contributed by atoms with Crippen LogP contribution in [0.4, 0.5) is 10.1 Å². The van der Waals surface area contributed by atoms with Crippen LogP contribution in [0.2, 0.25) is 0 Å². The second-order valence-corrected chi connectivity index (χ2v) is 6.97. The van der Waals surface area contributed by atoms with Crippen LogP contribution < -0.4 is 9.64 Å². The van der Waals surface area contributed by atoms with Gasteiger partial charge in [-0.3, -0.25) is 9.69 Å². The maximum Gasteiger partial charge on any atom is 0.237 e. The Kier molecular flexibility index (Phi) is 6.87. The zero-order valence-electron chi connectivity index (χ0n) is 16.6. The molecule has 0 saturated carbocycles. The molecular formula is C22H28FN3O2. The van der Waals surface area contributed by atoms with Crippen LogP contribution in [0.1, 0.15) is 12.5 Å². The summed E-state index contributed by atoms with van der Waals surface area (Å²) in [6.45, 7) is 6.74. The molecule has 0 spiro atoms. The molecule has 1 heterocycles. The van der Waals surface area contributed by atoms with Gasteiger partial charge in [-0.2, -0.15) is 0 Å². The van der Waals surface area contributed by atoms with Gasteiger partial charge in [0.2, 0.25) is 5.91 Å². The van der Waals surface area contributed by atoms with Crippen LogP contribution in [0, 0.1) is 5.82 Å². The number of methoxy groups -OCH3 is 1. The van der Waals surface area contributed by atoms with E-state index in [2.05, 4.69) is 15.9 Å². The normalized spacial score (nSPS) is 14.8. The Labute approximate surface area is 166 Å². The van der Waals surface area contributed by atoms with Crippen molar-refractivity contribution in [3.05, 3.63) is 59.9 Å². The van der Waals surface area contributed by atoms with Gasteiger partial charge >= 0.3 is 0 Å². The molecule has 5 nitrogen and oxygen atoms in total. The number of nitrogens with zero attached hydrogens (tertiary/aromatic N) is 3. The van der Waals surface area contributed by atoms with Gasteiger partial charge in [-0.15, -0.1) is 0 Å². The molecule has 0 aromatic heterocycles. The molecule has 3 rings (SSSR count). The largest absolute Gasteiger partial charge is 0.495 e. The quantitative estimate of drug-likeness (QED) is 0.734. The number of carbonyl (C=O) groups is 1. The minimum absolute atomic E-state index is 0.0810. The summed E-state index contributed by atoms with van der Waals surface area (Å²) in [5.41, 5.74) is 1.91. The van der Waals surface area contributed by atoms with Crippen LogP contribution in [0.3, 0.4) is 0 Å². The molecule has 150 valence electrons. The van der Waals surface area contributed by atoms with E-state index in [0.717, 1.165) is 43.2 Å². The summed E-state index contributed by atoms with van der Waals surface area (Å²) in [5, 5.41) is 0. The number of carbonyl (C=O) groups excluding carboxylic acids is 1. The Morgan fingerprint density at radius 1 is 1.11 bits per heavy atom. The van der Waals surface area contributed by atoms with Crippen molar-refractivity contribution < 1.29 is 13.9 Å². The highest BCUT2D eigenvalue weighted by atomic mass is 19.1. The molecule has 6 heteroatoms. The van der Waals surface area contributed by atoms with Crippen LogP contribution in [0.25, 0.3) is 0 Å². The third kappa shape index (κ3) is 5.01. The molecule has 0 bridgehead atoms. The van der Waals surface area contributed by atoms with Crippen molar-refractivity contribution in [3.8, 4) is 5.75 Å². The van der Waals surface area contributed by atoms with E-state index in [4.69, 9.17) is 4.74 Å². The molecule has 0 N–H and O–H groups in total. The van der Waals surface area contributed by atoms with Crippen molar-refractivity contribution in [1.29, 1.82) is 0 Å². The molecule has 1 aliphatic heterocycles.